The van der Waals surface area contributed by atoms with Crippen molar-refractivity contribution in [3.05, 3.63) is 12.2 Å². The van der Waals surface area contributed by atoms with Crippen LogP contribution >= 0.6 is 0 Å². The maximum atomic E-state index is 11.3. The number of carbonyl (C=O) groups excluding carboxylic acids is 1. The summed E-state index contributed by atoms with van der Waals surface area (Å²) in [5, 5.41) is 9.48. The highest BCUT2D eigenvalue weighted by atomic mass is 16.8. The second-order valence-electron chi connectivity index (χ2n) is 5.41. The van der Waals surface area contributed by atoms with Gasteiger partial charge in [-0.05, 0) is 19.9 Å². The number of aliphatic hydroxyl groups is 1. The molecule has 0 bridgehead atoms. The molecular weight excluding hydrogens is 224 g/mol. The number of rotatable bonds is 0. The summed E-state index contributed by atoms with van der Waals surface area (Å²) in [6, 6.07) is 0. The monoisotopic (exact) mass is 240 g/mol. The first kappa shape index (κ1) is 11.2. The molecule has 0 aromatic rings. The first-order chi connectivity index (χ1) is 7.89. The molecule has 2 aliphatic heterocycles. The molecule has 2 saturated heterocycles. The van der Waals surface area contributed by atoms with E-state index in [4.69, 9.17) is 14.2 Å². The highest BCUT2D eigenvalue weighted by Gasteiger charge is 2.52. The van der Waals surface area contributed by atoms with Crippen LogP contribution in [0.2, 0.25) is 0 Å². The number of fused-ring (bicyclic) bond motifs is 1. The fraction of sp³-hybridized carbons (Fsp3) is 0.750. The Bertz CT molecular complexity index is 388. The van der Waals surface area contributed by atoms with Crippen molar-refractivity contribution in [1.82, 2.24) is 0 Å². The quantitative estimate of drug-likeness (QED) is 0.494. The Morgan fingerprint density at radius 1 is 1.35 bits per heavy atom. The van der Waals surface area contributed by atoms with E-state index in [0.717, 1.165) is 0 Å². The molecular formula is C12H16O5. The summed E-state index contributed by atoms with van der Waals surface area (Å²) < 4.78 is 16.7. The zero-order valence-corrected chi connectivity index (χ0v) is 9.88. The van der Waals surface area contributed by atoms with Crippen molar-refractivity contribution in [3.8, 4) is 0 Å². The van der Waals surface area contributed by atoms with Crippen LogP contribution in [0.25, 0.3) is 0 Å². The van der Waals surface area contributed by atoms with Crippen LogP contribution in [-0.4, -0.2) is 40.8 Å². The largest absolute Gasteiger partial charge is 0.453 e. The molecule has 2 heterocycles. The Morgan fingerprint density at radius 2 is 2.12 bits per heavy atom. The minimum absolute atomic E-state index is 0.0907. The highest BCUT2D eigenvalue weighted by molar-refractivity contribution is 5.77. The first-order valence-electron chi connectivity index (χ1n) is 5.85. The lowest BCUT2D eigenvalue weighted by molar-refractivity contribution is -0.155. The summed E-state index contributed by atoms with van der Waals surface area (Å²) >= 11 is 0. The van der Waals surface area contributed by atoms with Crippen molar-refractivity contribution in [2.75, 3.05) is 0 Å². The molecule has 5 nitrogen and oxygen atoms in total. The topological polar surface area (TPSA) is 65.0 Å². The van der Waals surface area contributed by atoms with Gasteiger partial charge in [0.25, 0.3) is 0 Å². The van der Waals surface area contributed by atoms with Gasteiger partial charge in [-0.15, -0.1) is 0 Å². The van der Waals surface area contributed by atoms with Crippen molar-refractivity contribution in [1.29, 1.82) is 0 Å². The van der Waals surface area contributed by atoms with E-state index >= 15 is 0 Å². The van der Waals surface area contributed by atoms with Gasteiger partial charge in [-0.1, -0.05) is 6.08 Å². The van der Waals surface area contributed by atoms with Gasteiger partial charge in [0.1, 0.15) is 11.7 Å². The van der Waals surface area contributed by atoms with Gasteiger partial charge < -0.3 is 19.3 Å². The fourth-order valence-electron chi connectivity index (χ4n) is 2.81. The van der Waals surface area contributed by atoms with Crippen LogP contribution in [0, 0.1) is 0 Å². The number of carbonyl (C=O) groups is 1. The van der Waals surface area contributed by atoms with Crippen molar-refractivity contribution in [3.63, 3.8) is 0 Å². The van der Waals surface area contributed by atoms with Gasteiger partial charge in [0.05, 0.1) is 6.10 Å². The van der Waals surface area contributed by atoms with Crippen LogP contribution in [-0.2, 0) is 19.0 Å². The number of hydrogen-bond acceptors (Lipinski definition) is 5. The number of hydrogen-bond donors (Lipinski definition) is 1. The third kappa shape index (κ3) is 1.78. The van der Waals surface area contributed by atoms with Gasteiger partial charge >= 0.3 is 5.97 Å². The average Bonchev–Trinajstić information content (AvgIpc) is 2.63. The summed E-state index contributed by atoms with van der Waals surface area (Å²) in [5.41, 5.74) is -0.707. The minimum Gasteiger partial charge on any atom is -0.453 e. The van der Waals surface area contributed by atoms with Gasteiger partial charge in [0.2, 0.25) is 0 Å². The molecule has 3 rings (SSSR count). The average molecular weight is 240 g/mol. The van der Waals surface area contributed by atoms with Gasteiger partial charge in [-0.2, -0.15) is 0 Å². The summed E-state index contributed by atoms with van der Waals surface area (Å²) in [6.45, 7) is 3.72. The molecule has 4 atom stereocenters. The Kier molecular flexibility index (Phi) is 2.18. The normalized spacial score (nSPS) is 47.2. The zero-order valence-electron chi connectivity index (χ0n) is 9.88. The van der Waals surface area contributed by atoms with Crippen LogP contribution in [0.4, 0.5) is 0 Å². The molecule has 17 heavy (non-hydrogen) atoms. The van der Waals surface area contributed by atoms with Gasteiger partial charge in [0.15, 0.2) is 11.9 Å². The summed E-state index contributed by atoms with van der Waals surface area (Å²) in [6.07, 6.45) is 3.31. The lowest BCUT2D eigenvalue weighted by Gasteiger charge is -2.31. The molecule has 1 aliphatic carbocycles. The maximum absolute atomic E-state index is 11.3. The van der Waals surface area contributed by atoms with E-state index in [1.54, 1.807) is 0 Å². The predicted molar refractivity (Wildman–Crippen MR) is 57.0 cm³/mol. The lowest BCUT2D eigenvalue weighted by atomic mass is 9.85. The van der Waals surface area contributed by atoms with E-state index < -0.39 is 23.5 Å². The van der Waals surface area contributed by atoms with Crippen molar-refractivity contribution in [2.24, 2.45) is 0 Å². The number of esters is 1. The van der Waals surface area contributed by atoms with Crippen LogP contribution in [0.15, 0.2) is 12.2 Å². The van der Waals surface area contributed by atoms with Crippen LogP contribution < -0.4 is 0 Å². The molecule has 3 aliphatic rings. The predicted octanol–water partition coefficient (Wildman–Crippen LogP) is 0.513. The van der Waals surface area contributed by atoms with Crippen LogP contribution in [0.3, 0.4) is 0 Å². The minimum atomic E-state index is -1.02. The van der Waals surface area contributed by atoms with Crippen LogP contribution in [0.1, 0.15) is 26.7 Å². The molecule has 1 N–H and O–H groups in total. The van der Waals surface area contributed by atoms with Crippen molar-refractivity contribution in [2.45, 2.75) is 56.4 Å². The summed E-state index contributed by atoms with van der Waals surface area (Å²) in [5.74, 6) is -1.15. The smallest absolute Gasteiger partial charge is 0.336 e. The molecule has 2 fully saturated rings. The Morgan fingerprint density at radius 3 is 2.76 bits per heavy atom. The number of ether oxygens (including phenoxy) is 3. The van der Waals surface area contributed by atoms with Crippen molar-refractivity contribution >= 4 is 5.97 Å². The Hall–Kier alpha value is -0.910. The Balaban J connectivity index is 1.81. The fourth-order valence-corrected chi connectivity index (χ4v) is 2.81. The highest BCUT2D eigenvalue weighted by Crippen LogP contribution is 2.42. The van der Waals surface area contributed by atoms with Gasteiger partial charge in [0, 0.05) is 12.8 Å². The lowest BCUT2D eigenvalue weighted by Crippen LogP contribution is -2.39. The van der Waals surface area contributed by atoms with E-state index in [2.05, 4.69) is 0 Å². The van der Waals surface area contributed by atoms with Crippen molar-refractivity contribution < 1.29 is 24.1 Å². The second-order valence-corrected chi connectivity index (χ2v) is 5.41. The molecule has 0 amide bonds. The molecule has 0 radical (unpaired) electrons. The standard InChI is InChI=1S/C12H16O5/c1-11(2)15-8-3-4-12(6-9(8)16-11)5-7(13)10(14)17-12/h3-4,7-9,13H,5-6H2,1-2H3/t7?,8-,9+,12-/m0/s1. The molecule has 0 aromatic heterocycles. The second kappa shape index (κ2) is 3.31. The van der Waals surface area contributed by atoms with Gasteiger partial charge in [-0.3, -0.25) is 0 Å². The molecule has 5 heteroatoms. The molecule has 0 saturated carbocycles. The van der Waals surface area contributed by atoms with E-state index in [1.807, 2.05) is 26.0 Å². The number of aliphatic hydroxyl groups excluding tert-OH is 1. The van der Waals surface area contributed by atoms with E-state index in [9.17, 15) is 9.90 Å². The maximum Gasteiger partial charge on any atom is 0.336 e. The zero-order chi connectivity index (χ0) is 12.3. The third-order valence-corrected chi connectivity index (χ3v) is 3.47. The Labute approximate surface area is 99.3 Å². The molecule has 94 valence electrons. The SMILES string of the molecule is CC1(C)O[C@H]2C=C[C@]3(CC(O)C(=O)O3)C[C@H]2O1. The van der Waals surface area contributed by atoms with Crippen LogP contribution in [0.5, 0.6) is 0 Å². The summed E-state index contributed by atoms with van der Waals surface area (Å²) in [4.78, 5) is 11.3. The van der Waals surface area contributed by atoms with E-state index in [0.29, 0.717) is 12.8 Å². The summed E-state index contributed by atoms with van der Waals surface area (Å²) in [7, 11) is 0. The van der Waals surface area contributed by atoms with E-state index in [1.165, 1.54) is 0 Å². The van der Waals surface area contributed by atoms with Gasteiger partial charge in [-0.25, -0.2) is 4.79 Å². The first-order valence-corrected chi connectivity index (χ1v) is 5.85. The molecule has 0 aromatic carbocycles. The van der Waals surface area contributed by atoms with E-state index in [-0.39, 0.29) is 12.2 Å². The molecule has 1 unspecified atom stereocenters. The molecule has 1 spiro atoms. The third-order valence-electron chi connectivity index (χ3n) is 3.47.